The number of aromatic nitrogens is 4. The first kappa shape index (κ1) is 18.4. The van der Waals surface area contributed by atoms with Crippen molar-refractivity contribution in [1.29, 1.82) is 0 Å². The maximum Gasteiger partial charge on any atom is 0.196 e. The topological polar surface area (TPSA) is 43.6 Å². The van der Waals surface area contributed by atoms with Crippen LogP contribution in [-0.4, -0.2) is 19.7 Å². The molecule has 0 aliphatic carbocycles. The molecule has 0 unspecified atom stereocenters. The van der Waals surface area contributed by atoms with Gasteiger partial charge in [-0.05, 0) is 53.9 Å². The maximum absolute atomic E-state index is 13.1. The molecule has 2 aromatic heterocycles. The van der Waals surface area contributed by atoms with Crippen LogP contribution in [0.2, 0.25) is 0 Å². The van der Waals surface area contributed by atoms with Crippen molar-refractivity contribution in [2.45, 2.75) is 24.3 Å². The Bertz CT molecular complexity index is 1040. The molecule has 2 heterocycles. The van der Waals surface area contributed by atoms with Crippen LogP contribution in [0.25, 0.3) is 17.1 Å². The smallest absolute Gasteiger partial charge is 0.196 e. The van der Waals surface area contributed by atoms with Gasteiger partial charge in [-0.15, -0.1) is 10.2 Å². The van der Waals surface area contributed by atoms with Gasteiger partial charge in [-0.25, -0.2) is 4.39 Å². The Balaban J connectivity index is 1.71. The highest BCUT2D eigenvalue weighted by atomic mass is 32.2. The number of rotatable bonds is 6. The van der Waals surface area contributed by atoms with E-state index in [-0.39, 0.29) is 5.82 Å². The quantitative estimate of drug-likeness (QED) is 0.418. The van der Waals surface area contributed by atoms with E-state index in [0.717, 1.165) is 34.2 Å². The van der Waals surface area contributed by atoms with Crippen molar-refractivity contribution < 1.29 is 4.39 Å². The molecule has 28 heavy (non-hydrogen) atoms. The van der Waals surface area contributed by atoms with Crippen molar-refractivity contribution in [3.63, 3.8) is 0 Å². The van der Waals surface area contributed by atoms with Crippen LogP contribution in [0.4, 0.5) is 4.39 Å². The van der Waals surface area contributed by atoms with Gasteiger partial charge >= 0.3 is 0 Å². The molecule has 0 saturated carbocycles. The molecule has 6 heteroatoms. The molecule has 0 spiro atoms. The van der Waals surface area contributed by atoms with Crippen molar-refractivity contribution in [1.82, 2.24) is 19.7 Å². The molecule has 0 bridgehead atoms. The first-order valence-electron chi connectivity index (χ1n) is 9.07. The molecule has 0 amide bonds. The zero-order valence-electron chi connectivity index (χ0n) is 15.4. The highest BCUT2D eigenvalue weighted by Gasteiger charge is 2.16. The third-order valence-corrected chi connectivity index (χ3v) is 5.46. The lowest BCUT2D eigenvalue weighted by Crippen LogP contribution is -2.00. The number of benzene rings is 2. The Morgan fingerprint density at radius 2 is 1.54 bits per heavy atom. The van der Waals surface area contributed by atoms with Crippen LogP contribution >= 0.6 is 11.8 Å². The predicted molar refractivity (Wildman–Crippen MR) is 110 cm³/mol. The number of nitrogens with zero attached hydrogens (tertiary/aromatic N) is 4. The van der Waals surface area contributed by atoms with Crippen molar-refractivity contribution in [2.24, 2.45) is 0 Å². The van der Waals surface area contributed by atoms with Gasteiger partial charge in [0.25, 0.3) is 0 Å². The van der Waals surface area contributed by atoms with Crippen LogP contribution in [0.15, 0.2) is 78.2 Å². The summed E-state index contributed by atoms with van der Waals surface area (Å²) in [6.07, 6.45) is 4.49. The van der Waals surface area contributed by atoms with Crippen LogP contribution in [0.5, 0.6) is 0 Å². The van der Waals surface area contributed by atoms with Gasteiger partial charge in [-0.2, -0.15) is 0 Å². The summed E-state index contributed by atoms with van der Waals surface area (Å²) in [6.45, 7) is 2.14. The van der Waals surface area contributed by atoms with E-state index in [1.54, 1.807) is 36.3 Å². The van der Waals surface area contributed by atoms with E-state index >= 15 is 0 Å². The fraction of sp³-hybridized carbons (Fsp3) is 0.136. The first-order valence-corrected chi connectivity index (χ1v) is 10.1. The van der Waals surface area contributed by atoms with E-state index in [2.05, 4.69) is 50.9 Å². The molecule has 2 aromatic carbocycles. The molecule has 0 fully saturated rings. The fourth-order valence-electron chi connectivity index (χ4n) is 2.89. The van der Waals surface area contributed by atoms with Crippen molar-refractivity contribution in [2.75, 3.05) is 0 Å². The standard InChI is InChI=1S/C22H19FN4S/c1-2-16-5-9-20(10-6-16)27-21(18-11-13-24-14-12-18)25-26-22(27)28-15-17-3-7-19(23)8-4-17/h3-14H,2,15H2,1H3. The minimum atomic E-state index is -0.229. The van der Waals surface area contributed by atoms with Crippen LogP contribution in [-0.2, 0) is 12.2 Å². The van der Waals surface area contributed by atoms with Gasteiger partial charge in [-0.3, -0.25) is 9.55 Å². The summed E-state index contributed by atoms with van der Waals surface area (Å²) in [4.78, 5) is 4.09. The molecular weight excluding hydrogens is 371 g/mol. The Labute approximate surface area is 167 Å². The number of thioether (sulfide) groups is 1. The van der Waals surface area contributed by atoms with Gasteiger partial charge in [0.1, 0.15) is 5.82 Å². The van der Waals surface area contributed by atoms with Gasteiger partial charge in [0.2, 0.25) is 0 Å². The highest BCUT2D eigenvalue weighted by molar-refractivity contribution is 7.98. The Kier molecular flexibility index (Phi) is 5.48. The minimum Gasteiger partial charge on any atom is -0.270 e. The van der Waals surface area contributed by atoms with E-state index in [0.29, 0.717) is 5.75 Å². The number of halogens is 1. The lowest BCUT2D eigenvalue weighted by Gasteiger charge is -2.11. The molecule has 0 N–H and O–H groups in total. The molecule has 0 aliphatic rings. The maximum atomic E-state index is 13.1. The molecule has 0 saturated heterocycles. The van der Waals surface area contributed by atoms with Crippen molar-refractivity contribution in [3.8, 4) is 17.1 Å². The summed E-state index contributed by atoms with van der Waals surface area (Å²) < 4.78 is 15.2. The van der Waals surface area contributed by atoms with Crippen LogP contribution in [0.3, 0.4) is 0 Å². The number of pyridine rings is 1. The average molecular weight is 390 g/mol. The van der Waals surface area contributed by atoms with Crippen molar-refractivity contribution >= 4 is 11.8 Å². The van der Waals surface area contributed by atoms with Gasteiger partial charge < -0.3 is 0 Å². The van der Waals surface area contributed by atoms with Crippen LogP contribution in [0.1, 0.15) is 18.1 Å². The summed E-state index contributed by atoms with van der Waals surface area (Å²) in [5.74, 6) is 1.23. The average Bonchev–Trinajstić information content (AvgIpc) is 3.18. The largest absolute Gasteiger partial charge is 0.270 e. The molecule has 0 aliphatic heterocycles. The van der Waals surface area contributed by atoms with E-state index in [1.807, 2.05) is 12.1 Å². The van der Waals surface area contributed by atoms with Gasteiger partial charge in [0, 0.05) is 29.4 Å². The fourth-order valence-corrected chi connectivity index (χ4v) is 3.80. The van der Waals surface area contributed by atoms with Gasteiger partial charge in [0.05, 0.1) is 0 Å². The van der Waals surface area contributed by atoms with E-state index < -0.39 is 0 Å². The summed E-state index contributed by atoms with van der Waals surface area (Å²) in [6, 6.07) is 18.8. The zero-order valence-corrected chi connectivity index (χ0v) is 16.2. The summed E-state index contributed by atoms with van der Waals surface area (Å²) >= 11 is 1.58. The Morgan fingerprint density at radius 1 is 0.857 bits per heavy atom. The van der Waals surface area contributed by atoms with Gasteiger partial charge in [-0.1, -0.05) is 43.0 Å². The Morgan fingerprint density at radius 3 is 2.21 bits per heavy atom. The second-order valence-corrected chi connectivity index (χ2v) is 7.26. The van der Waals surface area contributed by atoms with Crippen LogP contribution in [0, 0.1) is 5.82 Å². The summed E-state index contributed by atoms with van der Waals surface area (Å²) in [5, 5.41) is 9.65. The van der Waals surface area contributed by atoms with Crippen molar-refractivity contribution in [3.05, 3.63) is 90.0 Å². The number of hydrogen-bond acceptors (Lipinski definition) is 4. The summed E-state index contributed by atoms with van der Waals surface area (Å²) in [5.41, 5.74) is 4.28. The third-order valence-electron chi connectivity index (χ3n) is 4.46. The van der Waals surface area contributed by atoms with E-state index in [1.165, 1.54) is 17.7 Å². The van der Waals surface area contributed by atoms with E-state index in [9.17, 15) is 4.39 Å². The lowest BCUT2D eigenvalue weighted by atomic mass is 10.1. The second-order valence-electron chi connectivity index (χ2n) is 6.31. The first-order chi connectivity index (χ1) is 13.7. The molecule has 4 aromatic rings. The molecule has 0 atom stereocenters. The molecule has 140 valence electrons. The number of aryl methyl sites for hydroxylation is 1. The highest BCUT2D eigenvalue weighted by Crippen LogP contribution is 2.29. The van der Waals surface area contributed by atoms with Gasteiger partial charge in [0.15, 0.2) is 11.0 Å². The molecule has 0 radical (unpaired) electrons. The molecule has 4 rings (SSSR count). The predicted octanol–water partition coefficient (Wildman–Crippen LogP) is 5.32. The third kappa shape index (κ3) is 3.97. The minimum absolute atomic E-state index is 0.229. The summed E-state index contributed by atoms with van der Waals surface area (Å²) in [7, 11) is 0. The van der Waals surface area contributed by atoms with E-state index in [4.69, 9.17) is 0 Å². The Hall–Kier alpha value is -2.99. The monoisotopic (exact) mass is 390 g/mol. The lowest BCUT2D eigenvalue weighted by molar-refractivity contribution is 0.627. The van der Waals surface area contributed by atoms with Crippen LogP contribution < -0.4 is 0 Å². The SMILES string of the molecule is CCc1ccc(-n2c(SCc3ccc(F)cc3)nnc2-c2ccncc2)cc1. The normalized spacial score (nSPS) is 10.9. The second kappa shape index (κ2) is 8.35. The molecule has 4 nitrogen and oxygen atoms in total. The zero-order chi connectivity index (χ0) is 19.3. The number of hydrogen-bond donors (Lipinski definition) is 0. The molecular formula is C22H19FN4S.